The number of rotatable bonds is 29. The van der Waals surface area contributed by atoms with E-state index >= 15 is 9.59 Å². The molecule has 0 spiro atoms. The lowest BCUT2D eigenvalue weighted by Crippen LogP contribution is -2.98. The Labute approximate surface area is 574 Å². The van der Waals surface area contributed by atoms with Crippen LogP contribution < -0.4 is 0 Å². The van der Waals surface area contributed by atoms with Crippen LogP contribution in [-0.2, 0) is 97.6 Å². The fourth-order valence-electron chi connectivity index (χ4n) is 14.1. The second-order valence-electron chi connectivity index (χ2n) is 25.6. The van der Waals surface area contributed by atoms with Crippen LogP contribution in [0.2, 0.25) is 0 Å². The maximum atomic E-state index is 15.4. The van der Waals surface area contributed by atoms with E-state index in [1.807, 2.05) is 128 Å². The fraction of sp³-hybridized carbons (Fsp3) is 0.397. The van der Waals surface area contributed by atoms with Crippen LogP contribution in [0.15, 0.2) is 217 Å². The Bertz CT molecular complexity index is 3820. The third kappa shape index (κ3) is 16.3. The van der Waals surface area contributed by atoms with E-state index in [4.69, 9.17) is 61.6 Å². The van der Waals surface area contributed by atoms with Crippen LogP contribution in [0.4, 0.5) is 0 Å². The molecule has 15 atom stereocenters. The normalized spacial score (nSPS) is 27.4. The van der Waals surface area contributed by atoms with Crippen molar-refractivity contribution in [1.29, 1.82) is 0 Å². The van der Waals surface area contributed by atoms with Crippen molar-refractivity contribution in [1.82, 2.24) is 0 Å². The highest BCUT2D eigenvalue weighted by molar-refractivity contribution is 5.91. The first-order valence-electron chi connectivity index (χ1n) is 33.8. The van der Waals surface area contributed by atoms with Crippen molar-refractivity contribution in [3.8, 4) is 0 Å². The number of hydrogen-bond donors (Lipinski definition) is 0. The van der Waals surface area contributed by atoms with Gasteiger partial charge >= 0.3 is 29.8 Å². The van der Waals surface area contributed by atoms with Crippen molar-refractivity contribution in [3.63, 3.8) is 0 Å². The van der Waals surface area contributed by atoms with Gasteiger partial charge in [-0.2, -0.15) is 0 Å². The fourth-order valence-corrected chi connectivity index (χ4v) is 14.1. The number of hydrogen-bond acceptors (Lipinski definition) is 19. The largest absolute Gasteiger partial charge is 0.469 e. The van der Waals surface area contributed by atoms with Gasteiger partial charge in [0.05, 0.1) is 73.9 Å². The van der Waals surface area contributed by atoms with Crippen molar-refractivity contribution in [2.45, 2.75) is 169 Å². The highest BCUT2D eigenvalue weighted by Crippen LogP contribution is 2.64. The molecule has 3 saturated carbocycles. The van der Waals surface area contributed by atoms with Gasteiger partial charge in [0, 0.05) is 4.91 Å². The average molecular weight is 1350 g/mol. The zero-order chi connectivity index (χ0) is 68.6. The van der Waals surface area contributed by atoms with Crippen molar-refractivity contribution in [2.75, 3.05) is 13.7 Å². The lowest BCUT2D eigenvalue weighted by atomic mass is 9.55. The standard InChI is InChI=1S/C78H81N3O18/c1-51-64(88-46-53-29-13-4-14-30-53)66(89-47-54-31-15-5-16-32-54)67(90-48-55-33-17-6-18-34-55)75(93-51)96-65-61(80-81-79)44-60(70(82)87-2)45-62(65)95-76-78(98-73(85)59-41-25-10-26-42-59)69(94-63(43-52-27-11-3-12-28-52)74(86)91-49-56-35-19-7-20-36-56)68(97-72(84)58-39-23-9-24-40-58)77(78,99-76)50-92-71(83)57-37-21-8-22-38-57/h4-10,13-26,29-42,51-52,60-69,75-76H,3,11-12,27-28,43-50H2,1-2H3/t51?,60?,61?,62-,63+,64-,65?,66?,67?,68-,69?,75+,76-,77?,78?/m1/s1. The Morgan fingerprint density at radius 1 is 0.556 bits per heavy atom. The minimum Gasteiger partial charge on any atom is -0.469 e. The Morgan fingerprint density at radius 2 is 1.05 bits per heavy atom. The number of nitrogens with zero attached hydrogens (tertiary/aromatic N) is 3. The summed E-state index contributed by atoms with van der Waals surface area (Å²) in [5.74, 6) is -5.09. The number of azide groups is 1. The summed E-state index contributed by atoms with van der Waals surface area (Å²) in [7, 11) is 1.24. The molecular formula is C78H81N3O18. The van der Waals surface area contributed by atoms with Crippen LogP contribution in [0.25, 0.3) is 10.4 Å². The maximum Gasteiger partial charge on any atom is 0.339 e. The second kappa shape index (κ2) is 33.2. The van der Waals surface area contributed by atoms with E-state index in [9.17, 15) is 19.9 Å². The Hall–Kier alpha value is -9.12. The van der Waals surface area contributed by atoms with E-state index in [1.165, 1.54) is 19.2 Å². The van der Waals surface area contributed by atoms with Gasteiger partial charge in [0.1, 0.15) is 37.6 Å². The first kappa shape index (κ1) is 69.8. The van der Waals surface area contributed by atoms with Gasteiger partial charge in [0.25, 0.3) is 0 Å². The van der Waals surface area contributed by atoms with Crippen LogP contribution in [-0.4, -0.2) is 128 Å². The number of ether oxygens (including phenoxy) is 13. The maximum absolute atomic E-state index is 15.4. The zero-order valence-corrected chi connectivity index (χ0v) is 55.2. The van der Waals surface area contributed by atoms with Crippen LogP contribution in [0.1, 0.15) is 112 Å². The topological polar surface area (TPSA) is 254 Å². The smallest absolute Gasteiger partial charge is 0.339 e. The van der Waals surface area contributed by atoms with Gasteiger partial charge in [-0.3, -0.25) is 4.79 Å². The van der Waals surface area contributed by atoms with Gasteiger partial charge in [-0.25, -0.2) is 19.2 Å². The summed E-state index contributed by atoms with van der Waals surface area (Å²) in [5.41, 5.74) is 9.59. The molecule has 2 heterocycles. The van der Waals surface area contributed by atoms with Crippen molar-refractivity contribution in [3.05, 3.63) is 262 Å². The van der Waals surface area contributed by atoms with E-state index in [0.717, 1.165) is 48.8 Å². The molecule has 2 saturated heterocycles. The summed E-state index contributed by atoms with van der Waals surface area (Å²) < 4.78 is 87.8. The van der Waals surface area contributed by atoms with Crippen molar-refractivity contribution >= 4 is 29.8 Å². The quantitative estimate of drug-likeness (QED) is 0.0139. The minimum atomic E-state index is -2.35. The Kier molecular flexibility index (Phi) is 23.4. The van der Waals surface area contributed by atoms with E-state index in [1.54, 1.807) is 78.9 Å². The molecule has 516 valence electrons. The SMILES string of the molecule is COC(=O)C1CC(N=[N+]=[N-])C(O[C@@H]2OC(C)[C@@H](OCc3ccccc3)C(OCc3ccccc3)C2OCc2ccccc2)[C@H](O[C@@H]2OC3(COC(=O)c4ccccc4)[C@H](OC(=O)c4ccccc4)C(O[C@@H](CC4CCCCC4)C(=O)OCc4ccccc4)C23OC(=O)c2ccccc2)C1. The molecule has 0 radical (unpaired) electrons. The van der Waals surface area contributed by atoms with E-state index < -0.39 is 127 Å². The molecule has 3 aliphatic carbocycles. The molecule has 0 bridgehead atoms. The molecule has 7 aromatic carbocycles. The lowest BCUT2D eigenvalue weighted by molar-refractivity contribution is -0.528. The van der Waals surface area contributed by atoms with Gasteiger partial charge in [-0.1, -0.05) is 213 Å². The van der Waals surface area contributed by atoms with Gasteiger partial charge < -0.3 is 61.6 Å². The second-order valence-corrected chi connectivity index (χ2v) is 25.6. The molecule has 2 aliphatic heterocycles. The zero-order valence-electron chi connectivity index (χ0n) is 55.2. The molecule has 0 N–H and O–H groups in total. The summed E-state index contributed by atoms with van der Waals surface area (Å²) in [6.45, 7) is 1.31. The average Bonchev–Trinajstić information content (AvgIpc) is 0.643. The van der Waals surface area contributed by atoms with Gasteiger partial charge in [-0.15, -0.1) is 0 Å². The number of carbonyl (C=O) groups is 5. The Morgan fingerprint density at radius 3 is 1.59 bits per heavy atom. The highest BCUT2D eigenvalue weighted by atomic mass is 16.8. The molecule has 21 nitrogen and oxygen atoms in total. The molecule has 0 amide bonds. The van der Waals surface area contributed by atoms with Crippen LogP contribution >= 0.6 is 0 Å². The number of benzene rings is 7. The number of esters is 5. The molecule has 21 heteroatoms. The van der Waals surface area contributed by atoms with Gasteiger partial charge in [0.2, 0.25) is 11.9 Å². The third-order valence-corrected chi connectivity index (χ3v) is 19.2. The Balaban J connectivity index is 0.975. The van der Waals surface area contributed by atoms with Crippen LogP contribution in [0.5, 0.6) is 0 Å². The first-order chi connectivity index (χ1) is 48.4. The highest BCUT2D eigenvalue weighted by Gasteiger charge is 2.91. The molecule has 0 aromatic heterocycles. The molecule has 5 fully saturated rings. The molecule has 99 heavy (non-hydrogen) atoms. The molecule has 9 unspecified atom stereocenters. The molecule has 5 aliphatic rings. The predicted octanol–water partition coefficient (Wildman–Crippen LogP) is 12.8. The van der Waals surface area contributed by atoms with E-state index in [2.05, 4.69) is 10.0 Å². The summed E-state index contributed by atoms with van der Waals surface area (Å²) in [6.07, 6.45) is -10.1. The summed E-state index contributed by atoms with van der Waals surface area (Å²) in [5, 5.41) is 4.29. The summed E-state index contributed by atoms with van der Waals surface area (Å²) in [6, 6.07) is 61.1. The van der Waals surface area contributed by atoms with Crippen molar-refractivity contribution < 1.29 is 85.6 Å². The van der Waals surface area contributed by atoms with Crippen LogP contribution in [0.3, 0.4) is 0 Å². The summed E-state index contributed by atoms with van der Waals surface area (Å²) >= 11 is 0. The monoisotopic (exact) mass is 1350 g/mol. The molecular weight excluding hydrogens is 1270 g/mol. The van der Waals surface area contributed by atoms with Crippen molar-refractivity contribution in [2.24, 2.45) is 17.0 Å². The van der Waals surface area contributed by atoms with Gasteiger partial charge in [-0.05, 0) is 96.3 Å². The number of carbonyl (C=O) groups excluding carboxylic acids is 5. The van der Waals surface area contributed by atoms with Crippen LogP contribution in [0, 0.1) is 11.8 Å². The van der Waals surface area contributed by atoms with Gasteiger partial charge in [0.15, 0.2) is 24.1 Å². The van der Waals surface area contributed by atoms with E-state index in [-0.39, 0.29) is 68.3 Å². The number of methoxy groups -OCH3 is 1. The van der Waals surface area contributed by atoms with E-state index in [0.29, 0.717) is 5.56 Å². The number of fused-ring (bicyclic) bond motifs is 1. The molecule has 7 aromatic rings. The lowest BCUT2D eigenvalue weighted by Gasteiger charge is -2.73. The third-order valence-electron chi connectivity index (χ3n) is 19.2. The first-order valence-corrected chi connectivity index (χ1v) is 33.8. The predicted molar refractivity (Wildman–Crippen MR) is 357 cm³/mol. The molecule has 12 rings (SSSR count). The minimum absolute atomic E-state index is 0.0326. The summed E-state index contributed by atoms with van der Waals surface area (Å²) in [4.78, 5) is 77.0.